The smallest absolute Gasteiger partial charge is 0.295 e. The minimum Gasteiger partial charge on any atom is -0.384 e. The Labute approximate surface area is 117 Å². The summed E-state index contributed by atoms with van der Waals surface area (Å²) >= 11 is 0. The molecule has 102 valence electrons. The maximum absolute atomic E-state index is 11.0. The molecule has 0 aliphatic carbocycles. The molecule has 0 fully saturated rings. The topological polar surface area (TPSA) is 68.1 Å². The zero-order chi connectivity index (χ0) is 14.4. The van der Waals surface area contributed by atoms with E-state index in [1.54, 1.807) is 12.3 Å². The number of nitro benzene ring substituents is 1. The highest BCUT2D eigenvalue weighted by Gasteiger charge is 2.13. The van der Waals surface area contributed by atoms with Crippen molar-refractivity contribution in [2.24, 2.45) is 0 Å². The minimum atomic E-state index is -0.411. The molecule has 20 heavy (non-hydrogen) atoms. The highest BCUT2D eigenvalue weighted by atomic mass is 16.6. The van der Waals surface area contributed by atoms with Gasteiger partial charge in [0.05, 0.1) is 4.92 Å². The molecule has 0 aliphatic rings. The van der Waals surface area contributed by atoms with Crippen LogP contribution in [-0.4, -0.2) is 16.5 Å². The number of fused-ring (bicyclic) bond motifs is 1. The third kappa shape index (κ3) is 3.04. The lowest BCUT2D eigenvalue weighted by Crippen LogP contribution is -2.02. The van der Waals surface area contributed by atoms with Crippen LogP contribution in [0.3, 0.4) is 0 Å². The molecule has 1 heterocycles. The first-order valence-corrected chi connectivity index (χ1v) is 6.43. The lowest BCUT2D eigenvalue weighted by atomic mass is 10.1. The van der Waals surface area contributed by atoms with Gasteiger partial charge in [-0.3, -0.25) is 10.1 Å². The first-order chi connectivity index (χ1) is 9.74. The summed E-state index contributed by atoms with van der Waals surface area (Å²) in [5.41, 5.74) is 1.30. The summed E-state index contributed by atoms with van der Waals surface area (Å²) in [5, 5.41) is 15.0. The molecule has 0 radical (unpaired) electrons. The Kier molecular flexibility index (Phi) is 4.51. The van der Waals surface area contributed by atoms with E-state index in [1.807, 2.05) is 12.1 Å². The fourth-order valence-corrected chi connectivity index (χ4v) is 2.04. The van der Waals surface area contributed by atoms with Crippen molar-refractivity contribution in [3.05, 3.63) is 40.6 Å². The van der Waals surface area contributed by atoms with Crippen molar-refractivity contribution in [3.63, 3.8) is 0 Å². The molecule has 1 aromatic heterocycles. The highest BCUT2D eigenvalue weighted by Crippen LogP contribution is 2.28. The van der Waals surface area contributed by atoms with E-state index in [9.17, 15) is 10.1 Å². The van der Waals surface area contributed by atoms with Crippen LogP contribution in [0.2, 0.25) is 0 Å². The number of non-ortho nitro benzene ring substituents is 1. The molecule has 2 rings (SSSR count). The number of nitrogens with one attached hydrogen (secondary N) is 1. The SMILES string of the molecule is C#CCCCCNc1ccnc2c([N+](=O)[O-])cccc12. The van der Waals surface area contributed by atoms with Crippen LogP contribution in [0.5, 0.6) is 0 Å². The Bertz CT molecular complexity index is 662. The van der Waals surface area contributed by atoms with Crippen LogP contribution >= 0.6 is 0 Å². The Hall–Kier alpha value is -2.61. The number of unbranched alkanes of at least 4 members (excludes halogenated alkanes) is 2. The van der Waals surface area contributed by atoms with Gasteiger partial charge in [-0.15, -0.1) is 12.3 Å². The quantitative estimate of drug-likeness (QED) is 0.378. The molecular formula is C15H15N3O2. The van der Waals surface area contributed by atoms with E-state index < -0.39 is 4.92 Å². The molecule has 0 amide bonds. The zero-order valence-electron chi connectivity index (χ0n) is 11.0. The predicted molar refractivity (Wildman–Crippen MR) is 79.6 cm³/mol. The summed E-state index contributed by atoms with van der Waals surface area (Å²) in [5.74, 6) is 2.60. The van der Waals surface area contributed by atoms with Crippen molar-refractivity contribution < 1.29 is 4.92 Å². The maximum atomic E-state index is 11.0. The first-order valence-electron chi connectivity index (χ1n) is 6.43. The monoisotopic (exact) mass is 269 g/mol. The van der Waals surface area contributed by atoms with E-state index in [0.29, 0.717) is 5.52 Å². The number of nitrogens with zero attached hydrogens (tertiary/aromatic N) is 2. The van der Waals surface area contributed by atoms with Crippen LogP contribution in [0.4, 0.5) is 11.4 Å². The number of terminal acetylenes is 1. The van der Waals surface area contributed by atoms with Crippen LogP contribution in [0.15, 0.2) is 30.5 Å². The largest absolute Gasteiger partial charge is 0.384 e. The van der Waals surface area contributed by atoms with Crippen LogP contribution in [0, 0.1) is 22.5 Å². The standard InChI is InChI=1S/C15H15N3O2/c1-2-3-4-5-10-16-13-9-11-17-15-12(13)7-6-8-14(15)18(19)20/h1,6-9,11H,3-5,10H2,(H,16,17). The Balaban J connectivity index is 2.20. The number of rotatable bonds is 6. The molecule has 0 aliphatic heterocycles. The van der Waals surface area contributed by atoms with Crippen LogP contribution in [0.25, 0.3) is 10.9 Å². The summed E-state index contributed by atoms with van der Waals surface area (Å²) in [6.07, 6.45) is 9.48. The molecule has 0 atom stereocenters. The van der Waals surface area contributed by atoms with Gasteiger partial charge in [-0.1, -0.05) is 12.1 Å². The lowest BCUT2D eigenvalue weighted by molar-refractivity contribution is -0.383. The second-order valence-electron chi connectivity index (χ2n) is 4.38. The molecule has 5 heteroatoms. The van der Waals surface area contributed by atoms with Gasteiger partial charge in [0.25, 0.3) is 5.69 Å². The van der Waals surface area contributed by atoms with Gasteiger partial charge in [-0.2, -0.15) is 0 Å². The Morgan fingerprint density at radius 2 is 2.20 bits per heavy atom. The third-order valence-corrected chi connectivity index (χ3v) is 3.01. The molecule has 1 N–H and O–H groups in total. The second-order valence-corrected chi connectivity index (χ2v) is 4.38. The molecule has 0 unspecified atom stereocenters. The lowest BCUT2D eigenvalue weighted by Gasteiger charge is -2.08. The molecule has 0 bridgehead atoms. The van der Waals surface area contributed by atoms with E-state index >= 15 is 0 Å². The van der Waals surface area contributed by atoms with Gasteiger partial charge in [0.1, 0.15) is 5.52 Å². The number of nitro groups is 1. The van der Waals surface area contributed by atoms with E-state index in [2.05, 4.69) is 16.2 Å². The fourth-order valence-electron chi connectivity index (χ4n) is 2.04. The van der Waals surface area contributed by atoms with Crippen LogP contribution in [-0.2, 0) is 0 Å². The number of hydrogen-bond donors (Lipinski definition) is 1. The molecule has 5 nitrogen and oxygen atoms in total. The van der Waals surface area contributed by atoms with Gasteiger partial charge >= 0.3 is 0 Å². The summed E-state index contributed by atoms with van der Waals surface area (Å²) in [6, 6.07) is 6.80. The van der Waals surface area contributed by atoms with Crippen molar-refractivity contribution in [3.8, 4) is 12.3 Å². The van der Waals surface area contributed by atoms with E-state index in [4.69, 9.17) is 6.42 Å². The normalized spacial score (nSPS) is 10.2. The number of hydrogen-bond acceptors (Lipinski definition) is 4. The van der Waals surface area contributed by atoms with Gasteiger partial charge in [0, 0.05) is 36.3 Å². The number of pyridine rings is 1. The summed E-state index contributed by atoms with van der Waals surface area (Å²) in [7, 11) is 0. The number of anilines is 1. The Morgan fingerprint density at radius 1 is 1.35 bits per heavy atom. The first kappa shape index (κ1) is 13.8. The number of aromatic nitrogens is 1. The van der Waals surface area contributed by atoms with Gasteiger partial charge in [-0.25, -0.2) is 4.98 Å². The molecule has 0 saturated carbocycles. The molecule has 0 spiro atoms. The Morgan fingerprint density at radius 3 is 2.95 bits per heavy atom. The highest BCUT2D eigenvalue weighted by molar-refractivity contribution is 5.96. The van der Waals surface area contributed by atoms with Gasteiger partial charge in [-0.05, 0) is 18.9 Å². The molecule has 1 aromatic carbocycles. The predicted octanol–water partition coefficient (Wildman–Crippen LogP) is 3.36. The fraction of sp³-hybridized carbons (Fsp3) is 0.267. The average Bonchev–Trinajstić information content (AvgIpc) is 2.46. The minimum absolute atomic E-state index is 0.0264. The van der Waals surface area contributed by atoms with Crippen molar-refractivity contribution in [1.82, 2.24) is 4.98 Å². The van der Waals surface area contributed by atoms with Crippen molar-refractivity contribution in [1.29, 1.82) is 0 Å². The van der Waals surface area contributed by atoms with Crippen molar-refractivity contribution in [2.75, 3.05) is 11.9 Å². The molecule has 0 saturated heterocycles. The maximum Gasteiger partial charge on any atom is 0.295 e. The average molecular weight is 269 g/mol. The van der Waals surface area contributed by atoms with E-state index in [-0.39, 0.29) is 5.69 Å². The summed E-state index contributed by atoms with van der Waals surface area (Å²) in [6.45, 7) is 0.781. The second kappa shape index (κ2) is 6.53. The number of benzene rings is 1. The van der Waals surface area contributed by atoms with E-state index in [0.717, 1.165) is 36.9 Å². The van der Waals surface area contributed by atoms with Gasteiger partial charge in [0.15, 0.2) is 0 Å². The summed E-state index contributed by atoms with van der Waals surface area (Å²) < 4.78 is 0. The number of para-hydroxylation sites is 1. The van der Waals surface area contributed by atoms with Crippen molar-refractivity contribution >= 4 is 22.3 Å². The third-order valence-electron chi connectivity index (χ3n) is 3.01. The van der Waals surface area contributed by atoms with Crippen molar-refractivity contribution in [2.45, 2.75) is 19.3 Å². The van der Waals surface area contributed by atoms with Crippen LogP contribution < -0.4 is 5.32 Å². The van der Waals surface area contributed by atoms with Gasteiger partial charge < -0.3 is 5.32 Å². The van der Waals surface area contributed by atoms with Gasteiger partial charge in [0.2, 0.25) is 0 Å². The molecule has 2 aromatic rings. The van der Waals surface area contributed by atoms with Crippen LogP contribution in [0.1, 0.15) is 19.3 Å². The van der Waals surface area contributed by atoms with E-state index in [1.165, 1.54) is 6.07 Å². The summed E-state index contributed by atoms with van der Waals surface area (Å²) in [4.78, 5) is 14.7. The zero-order valence-corrected chi connectivity index (χ0v) is 11.0. The molecular weight excluding hydrogens is 254 g/mol.